The molecule has 0 saturated heterocycles. The number of hydrogen-bond acceptors (Lipinski definition) is 4. The zero-order chi connectivity index (χ0) is 16.7. The number of aromatic nitrogens is 1. The van der Waals surface area contributed by atoms with Gasteiger partial charge in [-0.1, -0.05) is 18.2 Å². The fourth-order valence-corrected chi connectivity index (χ4v) is 3.01. The number of benzene rings is 1. The summed E-state index contributed by atoms with van der Waals surface area (Å²) in [5, 5.41) is 7.69. The number of thiazole rings is 1. The summed E-state index contributed by atoms with van der Waals surface area (Å²) in [4.78, 5) is 9.91. The van der Waals surface area contributed by atoms with Gasteiger partial charge in [0.2, 0.25) is 0 Å². The lowest BCUT2D eigenvalue weighted by Gasteiger charge is -2.17. The molecule has 0 fully saturated rings. The average molecular weight is 332 g/mol. The molecule has 1 aromatic carbocycles. The lowest BCUT2D eigenvalue weighted by atomic mass is 10.3. The van der Waals surface area contributed by atoms with Crippen molar-refractivity contribution in [2.45, 2.75) is 33.4 Å². The minimum atomic E-state index is 0.0448. The fraction of sp³-hybridized carbons (Fsp3) is 0.412. The number of rotatable bonds is 6. The highest BCUT2D eigenvalue weighted by molar-refractivity contribution is 7.11. The molecule has 1 unspecified atom stereocenters. The summed E-state index contributed by atoms with van der Waals surface area (Å²) < 4.78 is 5.84. The molecule has 5 nitrogen and oxygen atoms in total. The second-order valence-electron chi connectivity index (χ2n) is 5.29. The molecule has 0 spiro atoms. The number of guanidine groups is 1. The fourth-order valence-electron chi connectivity index (χ4n) is 2.14. The van der Waals surface area contributed by atoms with Crippen LogP contribution in [0.5, 0.6) is 5.75 Å². The summed E-state index contributed by atoms with van der Waals surface area (Å²) in [5.74, 6) is 1.64. The SMILES string of the molecule is CN=C(NCc1sc(C)nc1C)NCC(C)Oc1ccccc1. The number of nitrogens with one attached hydrogen (secondary N) is 2. The molecule has 0 amide bonds. The molecule has 1 heterocycles. The molecule has 0 bridgehead atoms. The van der Waals surface area contributed by atoms with Gasteiger partial charge in [0.05, 0.1) is 23.8 Å². The van der Waals surface area contributed by atoms with E-state index in [0.717, 1.165) is 29.0 Å². The van der Waals surface area contributed by atoms with E-state index in [0.29, 0.717) is 6.54 Å². The van der Waals surface area contributed by atoms with Crippen LogP contribution in [0.2, 0.25) is 0 Å². The largest absolute Gasteiger partial charge is 0.489 e. The number of nitrogens with zero attached hydrogens (tertiary/aromatic N) is 2. The Morgan fingerprint density at radius 2 is 2.00 bits per heavy atom. The molecule has 0 saturated carbocycles. The summed E-state index contributed by atoms with van der Waals surface area (Å²) >= 11 is 1.71. The Balaban J connectivity index is 1.77. The Morgan fingerprint density at radius 3 is 2.61 bits per heavy atom. The molecule has 2 aromatic rings. The summed E-state index contributed by atoms with van der Waals surface area (Å²) in [6, 6.07) is 9.83. The Labute approximate surface area is 141 Å². The minimum absolute atomic E-state index is 0.0448. The van der Waals surface area contributed by atoms with Crippen LogP contribution >= 0.6 is 11.3 Å². The Morgan fingerprint density at radius 1 is 1.26 bits per heavy atom. The van der Waals surface area contributed by atoms with Crippen molar-refractivity contribution in [3.63, 3.8) is 0 Å². The summed E-state index contributed by atoms with van der Waals surface area (Å²) in [5.41, 5.74) is 1.08. The van der Waals surface area contributed by atoms with Gasteiger partial charge in [0, 0.05) is 11.9 Å². The number of hydrogen-bond donors (Lipinski definition) is 2. The van der Waals surface area contributed by atoms with Crippen LogP contribution < -0.4 is 15.4 Å². The predicted octanol–water partition coefficient (Wildman–Crippen LogP) is 2.89. The van der Waals surface area contributed by atoms with Crippen molar-refractivity contribution < 1.29 is 4.74 Å². The Bertz CT molecular complexity index is 639. The molecule has 2 N–H and O–H groups in total. The van der Waals surface area contributed by atoms with Gasteiger partial charge in [0.1, 0.15) is 11.9 Å². The molecule has 6 heteroatoms. The topological polar surface area (TPSA) is 58.5 Å². The molecule has 0 aliphatic heterocycles. The van der Waals surface area contributed by atoms with E-state index in [4.69, 9.17) is 4.74 Å². The predicted molar refractivity (Wildman–Crippen MR) is 96.3 cm³/mol. The maximum atomic E-state index is 5.84. The Kier molecular flexibility index (Phi) is 6.40. The highest BCUT2D eigenvalue weighted by Gasteiger charge is 2.08. The van der Waals surface area contributed by atoms with E-state index in [2.05, 4.69) is 20.6 Å². The highest BCUT2D eigenvalue weighted by Crippen LogP contribution is 2.16. The van der Waals surface area contributed by atoms with Crippen LogP contribution in [0.4, 0.5) is 0 Å². The van der Waals surface area contributed by atoms with Gasteiger partial charge in [-0.3, -0.25) is 4.99 Å². The van der Waals surface area contributed by atoms with E-state index in [1.165, 1.54) is 4.88 Å². The highest BCUT2D eigenvalue weighted by atomic mass is 32.1. The molecule has 0 radical (unpaired) electrons. The van der Waals surface area contributed by atoms with Crippen LogP contribution in [0.25, 0.3) is 0 Å². The van der Waals surface area contributed by atoms with Crippen LogP contribution in [-0.4, -0.2) is 30.6 Å². The van der Waals surface area contributed by atoms with Gasteiger partial charge in [0.15, 0.2) is 5.96 Å². The third kappa shape index (κ3) is 5.56. The average Bonchev–Trinajstić information content (AvgIpc) is 2.86. The molecule has 1 atom stereocenters. The first-order valence-corrected chi connectivity index (χ1v) is 8.49. The van der Waals surface area contributed by atoms with Crippen molar-refractivity contribution in [2.75, 3.05) is 13.6 Å². The third-order valence-electron chi connectivity index (χ3n) is 3.28. The number of aryl methyl sites for hydroxylation is 2. The quantitative estimate of drug-likeness (QED) is 0.631. The number of ether oxygens (including phenoxy) is 1. The second-order valence-corrected chi connectivity index (χ2v) is 6.58. The summed E-state index contributed by atoms with van der Waals surface area (Å²) in [6.07, 6.45) is 0.0448. The first kappa shape index (κ1) is 17.3. The second kappa shape index (κ2) is 8.53. The molecular weight excluding hydrogens is 308 g/mol. The monoisotopic (exact) mass is 332 g/mol. The van der Waals surface area contributed by atoms with Crippen LogP contribution in [0, 0.1) is 13.8 Å². The van der Waals surface area contributed by atoms with Crippen LogP contribution in [0.3, 0.4) is 0 Å². The van der Waals surface area contributed by atoms with Crippen molar-refractivity contribution >= 4 is 17.3 Å². The first-order valence-electron chi connectivity index (χ1n) is 7.67. The maximum Gasteiger partial charge on any atom is 0.191 e. The molecule has 1 aromatic heterocycles. The van der Waals surface area contributed by atoms with E-state index in [-0.39, 0.29) is 6.10 Å². The lowest BCUT2D eigenvalue weighted by molar-refractivity contribution is 0.224. The zero-order valence-corrected chi connectivity index (χ0v) is 14.9. The van der Waals surface area contributed by atoms with Crippen LogP contribution in [-0.2, 0) is 6.54 Å². The van der Waals surface area contributed by atoms with Gasteiger partial charge in [-0.2, -0.15) is 0 Å². The Hall–Kier alpha value is -2.08. The maximum absolute atomic E-state index is 5.84. The normalized spacial score (nSPS) is 12.8. The van der Waals surface area contributed by atoms with Crippen molar-refractivity contribution in [1.29, 1.82) is 0 Å². The lowest BCUT2D eigenvalue weighted by Crippen LogP contribution is -2.41. The molecule has 23 heavy (non-hydrogen) atoms. The standard InChI is InChI=1S/C17H24N4OS/c1-12(22-15-8-6-5-7-9-15)10-19-17(18-4)20-11-16-13(2)21-14(3)23-16/h5-9,12H,10-11H2,1-4H3,(H2,18,19,20). The van der Waals surface area contributed by atoms with Crippen molar-refractivity contribution in [3.8, 4) is 5.75 Å². The van der Waals surface area contributed by atoms with E-state index < -0.39 is 0 Å². The van der Waals surface area contributed by atoms with E-state index >= 15 is 0 Å². The molecule has 0 aliphatic rings. The third-order valence-corrected chi connectivity index (χ3v) is 4.35. The smallest absolute Gasteiger partial charge is 0.191 e. The van der Waals surface area contributed by atoms with Gasteiger partial charge in [-0.05, 0) is 32.9 Å². The summed E-state index contributed by atoms with van der Waals surface area (Å²) in [6.45, 7) is 7.49. The number of aliphatic imine (C=N–C) groups is 1. The molecule has 0 aliphatic carbocycles. The minimum Gasteiger partial charge on any atom is -0.489 e. The van der Waals surface area contributed by atoms with Crippen LogP contribution in [0.15, 0.2) is 35.3 Å². The van der Waals surface area contributed by atoms with Gasteiger partial charge < -0.3 is 15.4 Å². The summed E-state index contributed by atoms with van der Waals surface area (Å²) in [7, 11) is 1.77. The van der Waals surface area contributed by atoms with E-state index in [9.17, 15) is 0 Å². The first-order chi connectivity index (χ1) is 11.1. The van der Waals surface area contributed by atoms with E-state index in [1.807, 2.05) is 51.1 Å². The number of para-hydroxylation sites is 1. The van der Waals surface area contributed by atoms with Crippen molar-refractivity contribution in [1.82, 2.24) is 15.6 Å². The molecular formula is C17H24N4OS. The van der Waals surface area contributed by atoms with Gasteiger partial charge in [-0.25, -0.2) is 4.98 Å². The molecule has 2 rings (SSSR count). The van der Waals surface area contributed by atoms with Gasteiger partial charge >= 0.3 is 0 Å². The van der Waals surface area contributed by atoms with Gasteiger partial charge in [-0.15, -0.1) is 11.3 Å². The van der Waals surface area contributed by atoms with Crippen LogP contribution in [0.1, 0.15) is 22.5 Å². The zero-order valence-electron chi connectivity index (χ0n) is 14.1. The molecule has 124 valence electrons. The van der Waals surface area contributed by atoms with Crippen molar-refractivity contribution in [3.05, 3.63) is 45.9 Å². The van der Waals surface area contributed by atoms with Crippen molar-refractivity contribution in [2.24, 2.45) is 4.99 Å². The van der Waals surface area contributed by atoms with Gasteiger partial charge in [0.25, 0.3) is 0 Å². The van der Waals surface area contributed by atoms with E-state index in [1.54, 1.807) is 18.4 Å².